The summed E-state index contributed by atoms with van der Waals surface area (Å²) < 4.78 is 11.1. The van der Waals surface area contributed by atoms with Crippen LogP contribution in [-0.2, 0) is 11.3 Å². The van der Waals surface area contributed by atoms with Crippen molar-refractivity contribution in [2.24, 2.45) is 0 Å². The van der Waals surface area contributed by atoms with Crippen molar-refractivity contribution in [2.75, 3.05) is 31.1 Å². The van der Waals surface area contributed by atoms with Crippen LogP contribution in [0.1, 0.15) is 42.3 Å². The first-order valence-corrected chi connectivity index (χ1v) is 10.1. The number of nitrogens with zero attached hydrogens (tertiary/aromatic N) is 4. The number of hydrogen-bond acceptors (Lipinski definition) is 7. The van der Waals surface area contributed by atoms with Crippen molar-refractivity contribution in [3.05, 3.63) is 47.3 Å². The topological polar surface area (TPSA) is 105 Å². The number of carbonyl (C=O) groups excluding carboxylic acids is 1. The van der Waals surface area contributed by atoms with E-state index in [9.17, 15) is 9.59 Å². The molecule has 3 rings (SSSR count). The van der Waals surface area contributed by atoms with Crippen molar-refractivity contribution in [3.63, 3.8) is 0 Å². The van der Waals surface area contributed by atoms with Crippen LogP contribution < -0.4 is 9.64 Å². The number of amides is 1. The lowest BCUT2D eigenvalue weighted by Gasteiger charge is -2.35. The number of carbonyl (C=O) groups is 2. The van der Waals surface area contributed by atoms with Gasteiger partial charge < -0.3 is 24.4 Å². The van der Waals surface area contributed by atoms with Gasteiger partial charge in [-0.05, 0) is 44.9 Å². The average molecular weight is 428 g/mol. The first-order valence-electron chi connectivity index (χ1n) is 10.1. The van der Waals surface area contributed by atoms with Crippen molar-refractivity contribution in [1.29, 1.82) is 0 Å². The average Bonchev–Trinajstić information content (AvgIpc) is 2.71. The molecule has 0 bridgehead atoms. The summed E-state index contributed by atoms with van der Waals surface area (Å²) in [6, 6.07) is 5.10. The van der Waals surface area contributed by atoms with Gasteiger partial charge in [-0.25, -0.2) is 19.6 Å². The number of rotatable bonds is 5. The molecule has 2 aromatic rings. The predicted molar refractivity (Wildman–Crippen MR) is 115 cm³/mol. The Morgan fingerprint density at radius 2 is 1.74 bits per heavy atom. The molecule has 0 radical (unpaired) electrons. The zero-order valence-electron chi connectivity index (χ0n) is 18.3. The van der Waals surface area contributed by atoms with E-state index in [-0.39, 0.29) is 18.3 Å². The minimum Gasteiger partial charge on any atom is -0.486 e. The molecule has 0 aliphatic carbocycles. The third kappa shape index (κ3) is 6.07. The van der Waals surface area contributed by atoms with Gasteiger partial charge in [0.15, 0.2) is 5.75 Å². The maximum absolute atomic E-state index is 12.2. The van der Waals surface area contributed by atoms with Gasteiger partial charge >= 0.3 is 12.1 Å². The molecule has 1 aliphatic rings. The molecule has 1 N–H and O–H groups in total. The Morgan fingerprint density at radius 3 is 2.29 bits per heavy atom. The summed E-state index contributed by atoms with van der Waals surface area (Å²) in [6.45, 7) is 9.93. The molecule has 0 unspecified atom stereocenters. The molecule has 1 aromatic heterocycles. The number of anilines is 1. The number of ether oxygens (including phenoxy) is 2. The molecule has 1 aromatic carbocycles. The summed E-state index contributed by atoms with van der Waals surface area (Å²) in [7, 11) is 0. The van der Waals surface area contributed by atoms with E-state index in [0.29, 0.717) is 43.4 Å². The van der Waals surface area contributed by atoms with E-state index in [1.165, 1.54) is 0 Å². The van der Waals surface area contributed by atoms with Gasteiger partial charge in [-0.2, -0.15) is 0 Å². The fourth-order valence-corrected chi connectivity index (χ4v) is 3.18. The van der Waals surface area contributed by atoms with Crippen LogP contribution in [-0.4, -0.2) is 63.8 Å². The number of benzene rings is 1. The Balaban J connectivity index is 1.51. The van der Waals surface area contributed by atoms with Crippen LogP contribution in [0, 0.1) is 6.92 Å². The van der Waals surface area contributed by atoms with Crippen molar-refractivity contribution < 1.29 is 24.2 Å². The summed E-state index contributed by atoms with van der Waals surface area (Å²) in [5.41, 5.74) is 1.32. The van der Waals surface area contributed by atoms with Gasteiger partial charge in [-0.15, -0.1) is 0 Å². The first-order chi connectivity index (χ1) is 14.6. The van der Waals surface area contributed by atoms with Gasteiger partial charge in [0.25, 0.3) is 0 Å². The number of aromatic nitrogens is 2. The van der Waals surface area contributed by atoms with E-state index < -0.39 is 11.6 Å². The maximum atomic E-state index is 12.2. The Hall–Kier alpha value is -3.36. The van der Waals surface area contributed by atoms with E-state index in [2.05, 4.69) is 9.97 Å². The maximum Gasteiger partial charge on any atom is 0.410 e. The third-order valence-corrected chi connectivity index (χ3v) is 4.76. The molecule has 2 heterocycles. The first kappa shape index (κ1) is 22.3. The Kier molecular flexibility index (Phi) is 6.62. The quantitative estimate of drug-likeness (QED) is 0.774. The molecule has 1 fully saturated rings. The summed E-state index contributed by atoms with van der Waals surface area (Å²) in [5.74, 6) is 0.162. The largest absolute Gasteiger partial charge is 0.486 e. The monoisotopic (exact) mass is 428 g/mol. The van der Waals surface area contributed by atoms with Crippen LogP contribution in [0.15, 0.2) is 30.6 Å². The highest BCUT2D eigenvalue weighted by atomic mass is 16.6. The standard InChI is InChI=1S/C22H28N4O5/c1-15-11-16(5-6-18(15)19(27)28)14-30-17-12-23-20(24-13-17)25-7-9-26(10-8-25)21(29)31-22(2,3)4/h5-6,11-13H,7-10,14H2,1-4H3,(H,27,28). The van der Waals surface area contributed by atoms with Gasteiger partial charge in [0.2, 0.25) is 5.95 Å². The molecule has 1 aliphatic heterocycles. The highest BCUT2D eigenvalue weighted by Gasteiger charge is 2.26. The normalized spacial score (nSPS) is 14.3. The molecule has 166 valence electrons. The summed E-state index contributed by atoms with van der Waals surface area (Å²) in [5, 5.41) is 9.11. The molecular weight excluding hydrogens is 400 g/mol. The smallest absolute Gasteiger partial charge is 0.410 e. The second-order valence-electron chi connectivity index (χ2n) is 8.42. The van der Waals surface area contributed by atoms with Crippen LogP contribution in [0.25, 0.3) is 0 Å². The van der Waals surface area contributed by atoms with Crippen LogP contribution in [0.4, 0.5) is 10.7 Å². The predicted octanol–water partition coefficient (Wildman–Crippen LogP) is 3.12. The number of aryl methyl sites for hydroxylation is 1. The second kappa shape index (κ2) is 9.20. The molecule has 1 amide bonds. The summed E-state index contributed by atoms with van der Waals surface area (Å²) in [4.78, 5) is 35.7. The number of aromatic carboxylic acids is 1. The van der Waals surface area contributed by atoms with Crippen molar-refractivity contribution in [1.82, 2.24) is 14.9 Å². The van der Waals surface area contributed by atoms with Crippen molar-refractivity contribution >= 4 is 18.0 Å². The zero-order valence-corrected chi connectivity index (χ0v) is 18.3. The molecular formula is C22H28N4O5. The van der Waals surface area contributed by atoms with Crippen LogP contribution in [0.5, 0.6) is 5.75 Å². The minimum atomic E-state index is -0.944. The fourth-order valence-electron chi connectivity index (χ4n) is 3.18. The molecule has 31 heavy (non-hydrogen) atoms. The fraction of sp³-hybridized carbons (Fsp3) is 0.455. The van der Waals surface area contributed by atoms with E-state index in [4.69, 9.17) is 14.6 Å². The van der Waals surface area contributed by atoms with Crippen LogP contribution in [0.2, 0.25) is 0 Å². The van der Waals surface area contributed by atoms with Crippen molar-refractivity contribution in [3.8, 4) is 5.75 Å². The van der Waals surface area contributed by atoms with Gasteiger partial charge in [-0.1, -0.05) is 12.1 Å². The molecule has 0 spiro atoms. The Bertz CT molecular complexity index is 932. The summed E-state index contributed by atoms with van der Waals surface area (Å²) in [6.07, 6.45) is 2.92. The van der Waals surface area contributed by atoms with Gasteiger partial charge in [0.05, 0.1) is 18.0 Å². The molecule has 1 saturated heterocycles. The van der Waals surface area contributed by atoms with Gasteiger partial charge in [0, 0.05) is 26.2 Å². The highest BCUT2D eigenvalue weighted by Crippen LogP contribution is 2.18. The van der Waals surface area contributed by atoms with Gasteiger partial charge in [-0.3, -0.25) is 0 Å². The second-order valence-corrected chi connectivity index (χ2v) is 8.42. The number of hydrogen-bond donors (Lipinski definition) is 1. The lowest BCUT2D eigenvalue weighted by Crippen LogP contribution is -2.50. The molecule has 9 nitrogen and oxygen atoms in total. The molecule has 9 heteroatoms. The van der Waals surface area contributed by atoms with E-state index >= 15 is 0 Å². The molecule has 0 atom stereocenters. The van der Waals surface area contributed by atoms with E-state index in [1.54, 1.807) is 42.4 Å². The van der Waals surface area contributed by atoms with E-state index in [1.807, 2.05) is 25.7 Å². The van der Waals surface area contributed by atoms with Crippen molar-refractivity contribution in [2.45, 2.75) is 39.9 Å². The summed E-state index contributed by atoms with van der Waals surface area (Å²) >= 11 is 0. The number of carboxylic acids is 1. The molecule has 0 saturated carbocycles. The lowest BCUT2D eigenvalue weighted by atomic mass is 10.1. The zero-order chi connectivity index (χ0) is 22.6. The Labute approximate surface area is 181 Å². The Morgan fingerprint density at radius 1 is 1.10 bits per heavy atom. The third-order valence-electron chi connectivity index (χ3n) is 4.76. The number of carboxylic acid groups (broad SMARTS) is 1. The highest BCUT2D eigenvalue weighted by molar-refractivity contribution is 5.89. The van der Waals surface area contributed by atoms with Crippen LogP contribution in [0.3, 0.4) is 0 Å². The lowest BCUT2D eigenvalue weighted by molar-refractivity contribution is 0.0240. The van der Waals surface area contributed by atoms with Gasteiger partial charge in [0.1, 0.15) is 12.2 Å². The van der Waals surface area contributed by atoms with E-state index in [0.717, 1.165) is 5.56 Å². The minimum absolute atomic E-state index is 0.281. The van der Waals surface area contributed by atoms with Crippen LogP contribution >= 0.6 is 0 Å². The SMILES string of the molecule is Cc1cc(COc2cnc(N3CCN(C(=O)OC(C)(C)C)CC3)nc2)ccc1C(=O)O. The number of piperazine rings is 1.